The molecule has 5 rings (SSSR count). The lowest BCUT2D eigenvalue weighted by Crippen LogP contribution is -2.29. The van der Waals surface area contributed by atoms with Gasteiger partial charge in [-0.1, -0.05) is 59.8 Å². The summed E-state index contributed by atoms with van der Waals surface area (Å²) in [5.41, 5.74) is 2.36. The zero-order valence-corrected chi connectivity index (χ0v) is 17.1. The summed E-state index contributed by atoms with van der Waals surface area (Å²) in [4.78, 5) is 6.86. The second-order valence-corrected chi connectivity index (χ2v) is 7.97. The lowest BCUT2D eigenvalue weighted by Gasteiger charge is -2.30. The van der Waals surface area contributed by atoms with Crippen LogP contribution in [0, 0.1) is 0 Å². The molecule has 0 spiro atoms. The minimum absolute atomic E-state index is 0.252. The van der Waals surface area contributed by atoms with Crippen LogP contribution in [0.4, 0.5) is 0 Å². The van der Waals surface area contributed by atoms with Crippen LogP contribution in [0.15, 0.2) is 71.3 Å². The highest BCUT2D eigenvalue weighted by Gasteiger charge is 2.20. The molecule has 1 aromatic heterocycles. The van der Waals surface area contributed by atoms with Crippen molar-refractivity contribution < 1.29 is 9.26 Å². The number of nitrogens with zero attached hydrogens (tertiary/aromatic N) is 3. The predicted molar refractivity (Wildman–Crippen MR) is 117 cm³/mol. The molecule has 0 amide bonds. The zero-order valence-electron chi connectivity index (χ0n) is 17.1. The van der Waals surface area contributed by atoms with E-state index in [1.165, 1.54) is 29.2 Å². The van der Waals surface area contributed by atoms with Crippen LogP contribution < -0.4 is 4.74 Å². The largest absolute Gasteiger partial charge is 0.484 e. The van der Waals surface area contributed by atoms with Crippen molar-refractivity contribution in [2.75, 3.05) is 20.1 Å². The summed E-state index contributed by atoms with van der Waals surface area (Å²) in [6.45, 7) is 2.55. The molecule has 1 aliphatic heterocycles. The van der Waals surface area contributed by atoms with Crippen molar-refractivity contribution in [2.45, 2.75) is 25.4 Å². The number of hydrogen-bond acceptors (Lipinski definition) is 5. The molecule has 0 unspecified atom stereocenters. The van der Waals surface area contributed by atoms with Crippen LogP contribution in [0.3, 0.4) is 0 Å². The summed E-state index contributed by atoms with van der Waals surface area (Å²) in [6.07, 6.45) is 2.40. The normalized spacial score (nSPS) is 15.5. The first kappa shape index (κ1) is 18.8. The maximum absolute atomic E-state index is 6.00. The number of ether oxygens (including phenoxy) is 1. The summed E-state index contributed by atoms with van der Waals surface area (Å²) in [5, 5.41) is 6.59. The van der Waals surface area contributed by atoms with E-state index in [0.29, 0.717) is 17.6 Å². The molecule has 2 heterocycles. The molecule has 152 valence electrons. The third kappa shape index (κ3) is 3.94. The number of rotatable bonds is 5. The first-order valence-electron chi connectivity index (χ1n) is 10.5. The lowest BCUT2D eigenvalue weighted by atomic mass is 9.86. The Bertz CT molecular complexity index is 1130. The fraction of sp³-hybridized carbons (Fsp3) is 0.280. The fourth-order valence-electron chi connectivity index (χ4n) is 4.20. The van der Waals surface area contributed by atoms with Crippen LogP contribution in [0.1, 0.15) is 30.2 Å². The Morgan fingerprint density at radius 2 is 1.83 bits per heavy atom. The standard InChI is InChI=1S/C25H25N3O2/c1-28-14-12-19(13-15-28)22-9-5-8-18-10-11-21(16-23(18)22)29-17-24-26-25(27-30-24)20-6-3-2-4-7-20/h2-11,16,19H,12-15,17H2,1H3. The third-order valence-corrected chi connectivity index (χ3v) is 5.91. The van der Waals surface area contributed by atoms with Gasteiger partial charge in [-0.25, -0.2) is 0 Å². The van der Waals surface area contributed by atoms with E-state index in [9.17, 15) is 0 Å². The SMILES string of the molecule is CN1CCC(c2cccc3ccc(OCc4nc(-c5ccccc5)no4)cc23)CC1. The minimum Gasteiger partial charge on any atom is -0.484 e. The Hall–Kier alpha value is -3.18. The monoisotopic (exact) mass is 399 g/mol. The molecule has 0 aliphatic carbocycles. The number of likely N-dealkylation sites (tertiary alicyclic amines) is 1. The van der Waals surface area contributed by atoms with E-state index in [0.717, 1.165) is 24.4 Å². The van der Waals surface area contributed by atoms with Crippen molar-refractivity contribution in [3.63, 3.8) is 0 Å². The molecule has 3 aromatic carbocycles. The number of aromatic nitrogens is 2. The fourth-order valence-corrected chi connectivity index (χ4v) is 4.20. The molecule has 1 aliphatic rings. The van der Waals surface area contributed by atoms with Gasteiger partial charge in [0.15, 0.2) is 6.61 Å². The van der Waals surface area contributed by atoms with Gasteiger partial charge in [0, 0.05) is 5.56 Å². The van der Waals surface area contributed by atoms with Crippen molar-refractivity contribution in [2.24, 2.45) is 0 Å². The van der Waals surface area contributed by atoms with E-state index in [1.807, 2.05) is 36.4 Å². The van der Waals surface area contributed by atoms with Gasteiger partial charge >= 0.3 is 0 Å². The smallest absolute Gasteiger partial charge is 0.264 e. The van der Waals surface area contributed by atoms with Crippen LogP contribution in [-0.4, -0.2) is 35.2 Å². The molecule has 0 radical (unpaired) electrons. The number of hydrogen-bond donors (Lipinski definition) is 0. The van der Waals surface area contributed by atoms with E-state index in [4.69, 9.17) is 9.26 Å². The quantitative estimate of drug-likeness (QED) is 0.457. The molecule has 0 N–H and O–H groups in total. The van der Waals surface area contributed by atoms with E-state index >= 15 is 0 Å². The molecule has 0 atom stereocenters. The second-order valence-electron chi connectivity index (χ2n) is 7.97. The van der Waals surface area contributed by atoms with E-state index in [1.54, 1.807) is 0 Å². The third-order valence-electron chi connectivity index (χ3n) is 5.91. The number of piperidine rings is 1. The topological polar surface area (TPSA) is 51.4 Å². The van der Waals surface area contributed by atoms with Gasteiger partial charge in [0.25, 0.3) is 5.89 Å². The molecule has 1 saturated heterocycles. The van der Waals surface area contributed by atoms with E-state index in [2.05, 4.69) is 52.4 Å². The zero-order chi connectivity index (χ0) is 20.3. The average molecular weight is 399 g/mol. The molecule has 30 heavy (non-hydrogen) atoms. The Labute approximate surface area is 176 Å². The van der Waals surface area contributed by atoms with Gasteiger partial charge < -0.3 is 14.2 Å². The maximum Gasteiger partial charge on any atom is 0.264 e. The molecule has 5 heteroatoms. The van der Waals surface area contributed by atoms with Gasteiger partial charge in [0.05, 0.1) is 0 Å². The first-order valence-corrected chi connectivity index (χ1v) is 10.5. The van der Waals surface area contributed by atoms with Crippen LogP contribution in [0.2, 0.25) is 0 Å². The van der Waals surface area contributed by atoms with Crippen molar-refractivity contribution in [1.82, 2.24) is 15.0 Å². The van der Waals surface area contributed by atoms with E-state index < -0.39 is 0 Å². The summed E-state index contributed by atoms with van der Waals surface area (Å²) in [5.74, 6) is 2.47. The minimum atomic E-state index is 0.252. The molecular weight excluding hydrogens is 374 g/mol. The Balaban J connectivity index is 1.34. The van der Waals surface area contributed by atoms with Gasteiger partial charge in [-0.05, 0) is 67.4 Å². The molecule has 0 bridgehead atoms. The number of benzene rings is 3. The highest BCUT2D eigenvalue weighted by Crippen LogP contribution is 2.34. The first-order chi connectivity index (χ1) is 14.8. The molecule has 4 aromatic rings. The van der Waals surface area contributed by atoms with Crippen LogP contribution in [0.5, 0.6) is 5.75 Å². The maximum atomic E-state index is 6.00. The van der Waals surface area contributed by atoms with Crippen molar-refractivity contribution >= 4 is 10.8 Å². The summed E-state index contributed by atoms with van der Waals surface area (Å²) < 4.78 is 11.4. The molecule has 0 saturated carbocycles. The predicted octanol–water partition coefficient (Wildman–Crippen LogP) is 5.28. The van der Waals surface area contributed by atoms with E-state index in [-0.39, 0.29) is 6.61 Å². The summed E-state index contributed by atoms with van der Waals surface area (Å²) in [7, 11) is 2.20. The van der Waals surface area contributed by atoms with Gasteiger partial charge in [0.1, 0.15) is 5.75 Å². The Morgan fingerprint density at radius 3 is 2.67 bits per heavy atom. The van der Waals surface area contributed by atoms with Gasteiger partial charge in [-0.15, -0.1) is 0 Å². The molecular formula is C25H25N3O2. The van der Waals surface area contributed by atoms with Crippen LogP contribution >= 0.6 is 0 Å². The molecule has 5 nitrogen and oxygen atoms in total. The molecule has 1 fully saturated rings. The highest BCUT2D eigenvalue weighted by atomic mass is 16.5. The van der Waals surface area contributed by atoms with Crippen LogP contribution in [-0.2, 0) is 6.61 Å². The number of fused-ring (bicyclic) bond motifs is 1. The van der Waals surface area contributed by atoms with Gasteiger partial charge in [-0.3, -0.25) is 0 Å². The second kappa shape index (κ2) is 8.28. The van der Waals surface area contributed by atoms with Crippen molar-refractivity contribution in [3.8, 4) is 17.1 Å². The van der Waals surface area contributed by atoms with Crippen molar-refractivity contribution in [3.05, 3.63) is 78.2 Å². The van der Waals surface area contributed by atoms with Crippen LogP contribution in [0.25, 0.3) is 22.2 Å². The summed E-state index contributed by atoms with van der Waals surface area (Å²) >= 11 is 0. The van der Waals surface area contributed by atoms with Gasteiger partial charge in [-0.2, -0.15) is 4.98 Å². The Morgan fingerprint density at radius 1 is 1.00 bits per heavy atom. The van der Waals surface area contributed by atoms with Gasteiger partial charge in [0.2, 0.25) is 5.82 Å². The average Bonchev–Trinajstić information content (AvgIpc) is 3.28. The van der Waals surface area contributed by atoms with Crippen molar-refractivity contribution in [1.29, 1.82) is 0 Å². The lowest BCUT2D eigenvalue weighted by molar-refractivity contribution is 0.243. The highest BCUT2D eigenvalue weighted by molar-refractivity contribution is 5.87. The Kier molecular flexibility index (Phi) is 5.20. The summed E-state index contributed by atoms with van der Waals surface area (Å²) in [6, 6.07) is 22.7.